The Morgan fingerprint density at radius 3 is 1.75 bits per heavy atom. The Morgan fingerprint density at radius 1 is 0.596 bits per heavy atom. The zero-order chi connectivity index (χ0) is 85.8. The number of H-pyrrole nitrogens is 1. The quantitative estimate of drug-likeness (QED) is 0.0223. The summed E-state index contributed by atoms with van der Waals surface area (Å²) in [6, 6.07) is -16.1. The van der Waals surface area contributed by atoms with Crippen molar-refractivity contribution in [3.8, 4) is 0 Å². The predicted octanol–water partition coefficient (Wildman–Crippen LogP) is -7.12. The lowest BCUT2D eigenvalue weighted by Gasteiger charge is -2.32. The number of cyclic esters (lactones) is 1. The first-order chi connectivity index (χ1) is 53.6. The zero-order valence-electron chi connectivity index (χ0n) is 63.8. The number of fused-ring (bicyclic) bond motifs is 1. The molecule has 14 unspecified atom stereocenters. The molecule has 0 bridgehead atoms. The van der Waals surface area contributed by atoms with Crippen molar-refractivity contribution in [2.45, 2.75) is 235 Å². The molecule has 0 spiro atoms. The fraction of sp³-hybridized carbons (Fsp3) is 0.600. The highest BCUT2D eigenvalue weighted by molar-refractivity contribution is 6.02. The van der Waals surface area contributed by atoms with Gasteiger partial charge in [0.05, 0.1) is 25.9 Å². The Balaban J connectivity index is 2.25. The highest BCUT2D eigenvalue weighted by Crippen LogP contribution is 2.21. The minimum Gasteiger partial charge on any atom is -0.481 e. The van der Waals surface area contributed by atoms with E-state index in [0.717, 1.165) is 53.0 Å². The number of carbonyl (C=O) groups excluding carboxylic acids is 16. The summed E-state index contributed by atoms with van der Waals surface area (Å²) in [5, 5.41) is 87.5. The van der Waals surface area contributed by atoms with Gasteiger partial charge >= 0.3 is 29.8 Å². The van der Waals surface area contributed by atoms with Crippen molar-refractivity contribution < 1.29 is 131 Å². The predicted molar refractivity (Wildman–Crippen MR) is 394 cm³/mol. The van der Waals surface area contributed by atoms with E-state index >= 15 is 0 Å². The highest BCUT2D eigenvalue weighted by atomic mass is 16.5. The van der Waals surface area contributed by atoms with E-state index in [0.29, 0.717) is 34.2 Å². The number of para-hydroxylation sites is 1. The number of esters is 1. The fourth-order valence-corrected chi connectivity index (χ4v) is 11.5. The van der Waals surface area contributed by atoms with E-state index in [4.69, 9.17) is 21.9 Å². The third-order valence-electron chi connectivity index (χ3n) is 17.8. The average Bonchev–Trinajstić information content (AvgIpc) is 1.61. The molecule has 14 atom stereocenters. The molecule has 1 aromatic carbocycles. The van der Waals surface area contributed by atoms with Crippen molar-refractivity contribution in [2.24, 2.45) is 23.1 Å². The number of primary amides is 2. The Labute approximate surface area is 652 Å². The normalized spacial score (nSPS) is 21.7. The van der Waals surface area contributed by atoms with E-state index in [1.165, 1.54) is 13.8 Å². The van der Waals surface area contributed by atoms with Crippen LogP contribution in [0.25, 0.3) is 10.9 Å². The molecule has 15 amide bonds. The number of aliphatic hydroxyl groups is 2. The number of unbranched alkanes of at least 4 members (excludes halogenated alkanes) is 7. The number of carboxylic acids is 4. The Hall–Kier alpha value is -12.0. The first kappa shape index (κ1) is 96.2. The lowest BCUT2D eigenvalue weighted by atomic mass is 10.0. The number of hydrogen-bond acceptors (Lipinski definition) is 24. The summed E-state index contributed by atoms with van der Waals surface area (Å²) in [6.45, 7) is 4.13. The number of likely N-dealkylation sites (N-methyl/N-ethyl adjacent to an activating group) is 1. The van der Waals surface area contributed by atoms with Crippen LogP contribution in [0.1, 0.15) is 149 Å². The van der Waals surface area contributed by atoms with Crippen LogP contribution < -0.4 is 81.0 Å². The molecule has 0 radical (unpaired) electrons. The van der Waals surface area contributed by atoms with Gasteiger partial charge in [0.15, 0.2) is 12.2 Å². The number of aliphatic carboxylic acids is 4. The van der Waals surface area contributed by atoms with Crippen molar-refractivity contribution in [1.82, 2.24) is 73.7 Å². The van der Waals surface area contributed by atoms with Crippen molar-refractivity contribution in [3.05, 3.63) is 36.0 Å². The van der Waals surface area contributed by atoms with Gasteiger partial charge in [-0.1, -0.05) is 77.5 Å². The molecule has 632 valence electrons. The summed E-state index contributed by atoms with van der Waals surface area (Å²) in [4.78, 5) is 275. The van der Waals surface area contributed by atoms with Crippen LogP contribution in [0.15, 0.2) is 30.5 Å². The van der Waals surface area contributed by atoms with E-state index in [1.54, 1.807) is 30.5 Å². The van der Waals surface area contributed by atoms with E-state index < -0.39 is 267 Å². The van der Waals surface area contributed by atoms with Crippen LogP contribution in [0.4, 0.5) is 0 Å². The van der Waals surface area contributed by atoms with Gasteiger partial charge in [-0.2, -0.15) is 0 Å². The number of amides is 15. The molecule has 25 N–H and O–H groups in total. The van der Waals surface area contributed by atoms with E-state index in [2.05, 4.69) is 54.4 Å². The minimum atomic E-state index is -2.84. The van der Waals surface area contributed by atoms with Crippen LogP contribution in [-0.4, -0.2) is 270 Å². The molecular weight excluding hydrogens is 1510 g/mol. The van der Waals surface area contributed by atoms with Crippen LogP contribution in [0.3, 0.4) is 0 Å². The Bertz CT molecular complexity index is 3800. The molecule has 44 nitrogen and oxygen atoms in total. The van der Waals surface area contributed by atoms with Crippen LogP contribution in [0.5, 0.6) is 0 Å². The number of nitrogens with one attached hydrogen (secondary N) is 13. The maximum atomic E-state index is 14.9. The van der Waals surface area contributed by atoms with Crippen LogP contribution in [-0.2, 0) is 107 Å². The molecule has 2 aromatic rings. The molecule has 44 heteroatoms. The molecule has 0 aliphatic carbocycles. The molecule has 1 aliphatic rings. The molecular formula is C70H105N17O27. The van der Waals surface area contributed by atoms with Crippen molar-refractivity contribution in [3.63, 3.8) is 0 Å². The van der Waals surface area contributed by atoms with Gasteiger partial charge < -0.3 is 126 Å². The maximum absolute atomic E-state index is 14.9. The number of benzene rings is 1. The van der Waals surface area contributed by atoms with E-state index in [1.807, 2.05) is 21.3 Å². The van der Waals surface area contributed by atoms with E-state index in [-0.39, 0.29) is 32.2 Å². The molecule has 3 rings (SSSR count). The standard InChI is InChI=1S/C70H105N17O27/c1-7-8-9-10-11-12-13-21-46(89)77-42(27-36-30-74-38-19-15-14-18-37(36)38)63(105)80-41(23-25-50(94)95)62(104)85-54(56(98)58(73)100)67(109)84-53-35(5)114-70(113)52(33(2)3)83-61(103)40(22-24-49(92)93)81-64(106)43(28-45(72)88)78-47(90)31-75-66(108)55(57(99)69(111)112)86-60(102)39(20-16-17-26-71)79-65(107)44(29-51(96)97)82-59(101)34(4)76-48(91)32-87(6)68(53)110/h14-15,18-19,30,33-35,39-44,52-57,74,98-99H,7-13,16-17,20-29,31-32,71H2,1-6H3,(H2,72,88)(H2,73,100)(H,75,108)(H,76,91)(H,77,89)(H,78,90)(H,79,107)(H,80,105)(H,81,106)(H,82,101)(H,83,103)(H,84,109)(H,85,104)(H,86,102)(H,92,93)(H,94,95)(H,96,97)(H,111,112). The summed E-state index contributed by atoms with van der Waals surface area (Å²) in [5.41, 5.74) is 17.6. The fourth-order valence-electron chi connectivity index (χ4n) is 11.5. The SMILES string of the molecule is CCCCCCCCCC(=O)NC(Cc1c[nH]c2ccccc12)C(=O)NC(CCC(=O)O)C(=O)NC(C(=O)NC1C(=O)N(C)CC(=O)NC(C)C(=O)NC(CC(=O)O)C(=O)NC(CCCCN)C(=O)NC(C(O)C(=O)O)C(=O)NCC(=O)NC(CC(N)=O)C(=O)NC(CCC(=O)O)C(=O)NC(C(C)C)C(=O)OC1C)C(O)C(N)=O. The Morgan fingerprint density at radius 2 is 1.17 bits per heavy atom. The average molecular weight is 1620 g/mol. The van der Waals surface area contributed by atoms with Gasteiger partial charge in [-0.05, 0) is 76.5 Å². The second-order valence-corrected chi connectivity index (χ2v) is 27.5. The smallest absolute Gasteiger partial charge is 0.335 e. The summed E-state index contributed by atoms with van der Waals surface area (Å²) in [5.74, 6) is -30.4. The first-order valence-corrected chi connectivity index (χ1v) is 36.7. The number of aromatic amines is 1. The highest BCUT2D eigenvalue weighted by Gasteiger charge is 2.43. The lowest BCUT2D eigenvalue weighted by molar-refractivity contribution is -0.159. The number of nitrogens with zero attached hydrogens (tertiary/aromatic N) is 1. The third kappa shape index (κ3) is 32.8. The number of nitrogens with two attached hydrogens (primary N) is 3. The van der Waals surface area contributed by atoms with Crippen molar-refractivity contribution >= 4 is 129 Å². The number of aliphatic hydroxyl groups excluding tert-OH is 2. The second kappa shape index (κ2) is 48.1. The van der Waals surface area contributed by atoms with E-state index in [9.17, 15) is 127 Å². The first-order valence-electron chi connectivity index (χ1n) is 36.7. The van der Waals surface area contributed by atoms with Gasteiger partial charge in [-0.3, -0.25) is 86.3 Å². The van der Waals surface area contributed by atoms with Gasteiger partial charge in [0.25, 0.3) is 0 Å². The largest absolute Gasteiger partial charge is 0.481 e. The van der Waals surface area contributed by atoms with Crippen LogP contribution in [0, 0.1) is 5.92 Å². The number of carboxylic acid groups (broad SMARTS) is 4. The number of carbonyl (C=O) groups is 20. The number of aromatic nitrogens is 1. The molecule has 2 heterocycles. The minimum absolute atomic E-state index is 0.0125. The molecule has 114 heavy (non-hydrogen) atoms. The number of rotatable bonds is 36. The second-order valence-electron chi connectivity index (χ2n) is 27.5. The van der Waals surface area contributed by atoms with Gasteiger partial charge in [-0.15, -0.1) is 0 Å². The molecule has 1 saturated heterocycles. The summed E-state index contributed by atoms with van der Waals surface area (Å²) < 4.78 is 5.68. The van der Waals surface area contributed by atoms with Crippen molar-refractivity contribution in [2.75, 3.05) is 26.7 Å². The van der Waals surface area contributed by atoms with Crippen LogP contribution >= 0.6 is 0 Å². The number of hydrogen-bond donors (Lipinski definition) is 22. The molecule has 0 saturated carbocycles. The topological polar surface area (TPSA) is 713 Å². The van der Waals surface area contributed by atoms with Crippen LogP contribution in [0.2, 0.25) is 0 Å². The molecule has 1 aromatic heterocycles. The van der Waals surface area contributed by atoms with Gasteiger partial charge in [0.1, 0.15) is 72.6 Å². The molecule has 1 fully saturated rings. The van der Waals surface area contributed by atoms with Gasteiger partial charge in [0.2, 0.25) is 88.6 Å². The Kier molecular flexibility index (Phi) is 40.6. The maximum Gasteiger partial charge on any atom is 0.335 e. The monoisotopic (exact) mass is 1620 g/mol. The van der Waals surface area contributed by atoms with Gasteiger partial charge in [-0.25, -0.2) is 9.59 Å². The summed E-state index contributed by atoms with van der Waals surface area (Å²) in [7, 11) is 0.883. The zero-order valence-corrected chi connectivity index (χ0v) is 63.8. The summed E-state index contributed by atoms with van der Waals surface area (Å²) in [6.07, 6.45) is -6.52. The molecule has 1 aliphatic heterocycles. The number of ether oxygens (including phenoxy) is 1. The lowest BCUT2D eigenvalue weighted by Crippen LogP contribution is -2.64. The third-order valence-corrected chi connectivity index (χ3v) is 17.8. The van der Waals surface area contributed by atoms with Crippen molar-refractivity contribution in [1.29, 1.82) is 0 Å². The van der Waals surface area contributed by atoms with Gasteiger partial charge in [0, 0.05) is 49.8 Å². The summed E-state index contributed by atoms with van der Waals surface area (Å²) >= 11 is 0.